The Morgan fingerprint density at radius 2 is 1.90 bits per heavy atom. The fraction of sp³-hybridized carbons (Fsp3) is 0.364. The molecule has 0 spiro atoms. The smallest absolute Gasteiger partial charge is 0.261 e. The summed E-state index contributed by atoms with van der Waals surface area (Å²) in [4.78, 5) is 27.2. The first-order valence-electron chi connectivity index (χ1n) is 9.75. The van der Waals surface area contributed by atoms with Crippen molar-refractivity contribution in [2.75, 3.05) is 13.2 Å². The number of halogens is 3. The lowest BCUT2D eigenvalue weighted by atomic mass is 10.1. The van der Waals surface area contributed by atoms with Gasteiger partial charge in [0.1, 0.15) is 17.6 Å². The molecule has 2 rings (SSSR count). The minimum absolute atomic E-state index is 0.169. The highest BCUT2D eigenvalue weighted by Crippen LogP contribution is 2.28. The van der Waals surface area contributed by atoms with E-state index in [4.69, 9.17) is 16.3 Å². The molecule has 0 bridgehead atoms. The molecule has 1 unspecified atom stereocenters. The van der Waals surface area contributed by atoms with Crippen LogP contribution < -0.4 is 10.1 Å². The van der Waals surface area contributed by atoms with E-state index in [1.54, 1.807) is 30.3 Å². The number of carbonyl (C=O) groups excluding carboxylic acids is 2. The van der Waals surface area contributed by atoms with E-state index in [-0.39, 0.29) is 30.8 Å². The van der Waals surface area contributed by atoms with E-state index in [9.17, 15) is 14.0 Å². The van der Waals surface area contributed by atoms with Crippen molar-refractivity contribution in [3.8, 4) is 5.75 Å². The molecule has 2 aromatic carbocycles. The van der Waals surface area contributed by atoms with Crippen molar-refractivity contribution < 1.29 is 18.7 Å². The average Bonchev–Trinajstić information content (AvgIpc) is 2.72. The molecule has 5 nitrogen and oxygen atoms in total. The quantitative estimate of drug-likeness (QED) is 0.503. The number of nitrogens with zero attached hydrogens (tertiary/aromatic N) is 1. The summed E-state index contributed by atoms with van der Waals surface area (Å²) in [5.74, 6) is -0.458. The van der Waals surface area contributed by atoms with Crippen LogP contribution in [0, 0.1) is 5.82 Å². The van der Waals surface area contributed by atoms with Crippen LogP contribution in [0.2, 0.25) is 5.02 Å². The second kappa shape index (κ2) is 11.9. The molecule has 0 aromatic heterocycles. The maximum atomic E-state index is 13.3. The number of amides is 2. The van der Waals surface area contributed by atoms with Gasteiger partial charge in [0.2, 0.25) is 5.91 Å². The van der Waals surface area contributed by atoms with Gasteiger partial charge in [0.05, 0.1) is 4.47 Å². The predicted molar refractivity (Wildman–Crippen MR) is 119 cm³/mol. The molecule has 0 aliphatic heterocycles. The standard InChI is InChI=1S/C22H25BrClFN2O3/c1-3-11-26-22(29)19(4-2)27(13-15-5-8-17(25)9-6-15)21(28)14-30-20-10-7-16(24)12-18(20)23/h5-10,12,19H,3-4,11,13-14H2,1-2H3,(H,26,29). The van der Waals surface area contributed by atoms with Gasteiger partial charge in [-0.1, -0.05) is 37.6 Å². The number of benzene rings is 2. The molecule has 8 heteroatoms. The van der Waals surface area contributed by atoms with Gasteiger partial charge in [-0.2, -0.15) is 0 Å². The van der Waals surface area contributed by atoms with Gasteiger partial charge in [-0.25, -0.2) is 4.39 Å². The Morgan fingerprint density at radius 3 is 2.50 bits per heavy atom. The molecule has 0 saturated carbocycles. The zero-order valence-corrected chi connectivity index (χ0v) is 19.3. The third kappa shape index (κ3) is 6.99. The molecule has 162 valence electrons. The summed E-state index contributed by atoms with van der Waals surface area (Å²) in [5.41, 5.74) is 0.721. The first-order chi connectivity index (χ1) is 14.3. The lowest BCUT2D eigenvalue weighted by molar-refractivity contribution is -0.143. The van der Waals surface area contributed by atoms with Gasteiger partial charge in [-0.05, 0) is 64.7 Å². The normalized spacial score (nSPS) is 11.6. The van der Waals surface area contributed by atoms with Crippen LogP contribution in [0.4, 0.5) is 4.39 Å². The summed E-state index contributed by atoms with van der Waals surface area (Å²) in [6, 6.07) is 10.2. The highest BCUT2D eigenvalue weighted by atomic mass is 79.9. The molecular formula is C22H25BrClFN2O3. The summed E-state index contributed by atoms with van der Waals surface area (Å²) in [6.07, 6.45) is 1.23. The van der Waals surface area contributed by atoms with E-state index in [0.29, 0.717) is 28.2 Å². The van der Waals surface area contributed by atoms with Gasteiger partial charge in [0.15, 0.2) is 6.61 Å². The summed E-state index contributed by atoms with van der Waals surface area (Å²) >= 11 is 9.29. The number of rotatable bonds is 10. The fourth-order valence-corrected chi connectivity index (χ4v) is 3.68. The maximum absolute atomic E-state index is 13.3. The minimum Gasteiger partial charge on any atom is -0.483 e. The van der Waals surface area contributed by atoms with E-state index < -0.39 is 6.04 Å². The molecule has 1 N–H and O–H groups in total. The van der Waals surface area contributed by atoms with Crippen LogP contribution in [-0.4, -0.2) is 35.9 Å². The molecule has 2 aromatic rings. The predicted octanol–water partition coefficient (Wildman–Crippen LogP) is 4.95. The highest BCUT2D eigenvalue weighted by molar-refractivity contribution is 9.10. The molecular weight excluding hydrogens is 475 g/mol. The van der Waals surface area contributed by atoms with Crippen LogP contribution in [0.3, 0.4) is 0 Å². The summed E-state index contributed by atoms with van der Waals surface area (Å²) in [6.45, 7) is 4.25. The van der Waals surface area contributed by atoms with Crippen LogP contribution >= 0.6 is 27.5 Å². The highest BCUT2D eigenvalue weighted by Gasteiger charge is 2.28. The largest absolute Gasteiger partial charge is 0.483 e. The lowest BCUT2D eigenvalue weighted by Gasteiger charge is -2.30. The number of hydrogen-bond acceptors (Lipinski definition) is 3. The maximum Gasteiger partial charge on any atom is 0.261 e. The number of ether oxygens (including phenoxy) is 1. The summed E-state index contributed by atoms with van der Waals surface area (Å²) < 4.78 is 19.6. The van der Waals surface area contributed by atoms with E-state index in [1.807, 2.05) is 13.8 Å². The summed E-state index contributed by atoms with van der Waals surface area (Å²) in [7, 11) is 0. The summed E-state index contributed by atoms with van der Waals surface area (Å²) in [5, 5.41) is 3.39. The van der Waals surface area contributed by atoms with Crippen molar-refractivity contribution in [1.82, 2.24) is 10.2 Å². The first kappa shape index (κ1) is 24.2. The van der Waals surface area contributed by atoms with Gasteiger partial charge >= 0.3 is 0 Å². The lowest BCUT2D eigenvalue weighted by Crippen LogP contribution is -2.50. The topological polar surface area (TPSA) is 58.6 Å². The zero-order valence-electron chi connectivity index (χ0n) is 17.0. The van der Waals surface area contributed by atoms with Crippen LogP contribution in [0.25, 0.3) is 0 Å². The second-order valence-corrected chi connectivity index (χ2v) is 8.02. The van der Waals surface area contributed by atoms with Crippen molar-refractivity contribution in [3.63, 3.8) is 0 Å². The van der Waals surface area contributed by atoms with Crippen molar-refractivity contribution >= 4 is 39.3 Å². The number of carbonyl (C=O) groups is 2. The molecule has 0 radical (unpaired) electrons. The molecule has 0 aliphatic carbocycles. The van der Waals surface area contributed by atoms with E-state index in [1.165, 1.54) is 17.0 Å². The van der Waals surface area contributed by atoms with E-state index >= 15 is 0 Å². The van der Waals surface area contributed by atoms with Gasteiger partial charge in [0.25, 0.3) is 5.91 Å². The van der Waals surface area contributed by atoms with Gasteiger partial charge < -0.3 is 15.0 Å². The first-order valence-corrected chi connectivity index (χ1v) is 10.9. The molecule has 0 fully saturated rings. The van der Waals surface area contributed by atoms with Crippen molar-refractivity contribution in [2.45, 2.75) is 39.3 Å². The minimum atomic E-state index is -0.661. The molecule has 2 amide bonds. The van der Waals surface area contributed by atoms with Gasteiger partial charge in [0, 0.05) is 18.1 Å². The Kier molecular flexibility index (Phi) is 9.59. The Hall–Kier alpha value is -2.12. The number of hydrogen-bond donors (Lipinski definition) is 1. The average molecular weight is 500 g/mol. The van der Waals surface area contributed by atoms with Crippen LogP contribution in [-0.2, 0) is 16.1 Å². The van der Waals surface area contributed by atoms with Crippen molar-refractivity contribution in [2.24, 2.45) is 0 Å². The fourth-order valence-electron chi connectivity index (χ4n) is 2.89. The third-order valence-electron chi connectivity index (χ3n) is 4.45. The van der Waals surface area contributed by atoms with Crippen LogP contribution in [0.5, 0.6) is 5.75 Å². The molecule has 30 heavy (non-hydrogen) atoms. The Labute approximate surface area is 189 Å². The molecule has 0 heterocycles. The Morgan fingerprint density at radius 1 is 1.20 bits per heavy atom. The van der Waals surface area contributed by atoms with E-state index in [2.05, 4.69) is 21.2 Å². The van der Waals surface area contributed by atoms with Crippen molar-refractivity contribution in [3.05, 3.63) is 63.3 Å². The van der Waals surface area contributed by atoms with Crippen molar-refractivity contribution in [1.29, 1.82) is 0 Å². The Balaban J connectivity index is 2.20. The number of nitrogens with one attached hydrogen (secondary N) is 1. The molecule has 0 saturated heterocycles. The molecule has 1 atom stereocenters. The van der Waals surface area contributed by atoms with Gasteiger partial charge in [-0.3, -0.25) is 9.59 Å². The third-order valence-corrected chi connectivity index (χ3v) is 5.30. The van der Waals surface area contributed by atoms with Gasteiger partial charge in [-0.15, -0.1) is 0 Å². The van der Waals surface area contributed by atoms with E-state index in [0.717, 1.165) is 12.0 Å². The molecule has 0 aliphatic rings. The van der Waals surface area contributed by atoms with Crippen LogP contribution in [0.1, 0.15) is 32.3 Å². The monoisotopic (exact) mass is 498 g/mol. The zero-order chi connectivity index (χ0) is 22.1. The SMILES string of the molecule is CCCNC(=O)C(CC)N(Cc1ccc(F)cc1)C(=O)COc1ccc(Cl)cc1Br. The Bertz CT molecular complexity index is 864. The second-order valence-electron chi connectivity index (χ2n) is 6.73. The van der Waals surface area contributed by atoms with Crippen LogP contribution in [0.15, 0.2) is 46.9 Å².